The van der Waals surface area contributed by atoms with Gasteiger partial charge in [-0.2, -0.15) is 0 Å². The number of nitrogens with zero attached hydrogens (tertiary/aromatic N) is 2. The van der Waals surface area contributed by atoms with Crippen molar-refractivity contribution in [2.45, 2.75) is 43.8 Å². The minimum Gasteiger partial charge on any atom is -0.497 e. The van der Waals surface area contributed by atoms with E-state index in [1.54, 1.807) is 37.4 Å². The second kappa shape index (κ2) is 16.4. The molecule has 0 heterocycles. The van der Waals surface area contributed by atoms with Gasteiger partial charge in [-0.05, 0) is 73.5 Å². The molecule has 0 aliphatic rings. The first-order valence-corrected chi connectivity index (χ1v) is 17.1. The number of sulfonamides is 1. The van der Waals surface area contributed by atoms with Gasteiger partial charge in [0, 0.05) is 30.1 Å². The average molecular weight is 694 g/mol. The number of anilines is 1. The Kier molecular flexibility index (Phi) is 12.3. The van der Waals surface area contributed by atoms with E-state index in [1.807, 2.05) is 50.2 Å². The van der Waals surface area contributed by atoms with Crippen molar-refractivity contribution in [2.24, 2.45) is 0 Å². The van der Waals surface area contributed by atoms with Gasteiger partial charge in [-0.3, -0.25) is 13.9 Å². The Morgan fingerprint density at radius 3 is 2.08 bits per heavy atom. The first-order valence-electron chi connectivity index (χ1n) is 15.2. The summed E-state index contributed by atoms with van der Waals surface area (Å²) in [6.07, 6.45) is 0.193. The van der Waals surface area contributed by atoms with E-state index in [9.17, 15) is 18.0 Å². The number of amides is 2. The largest absolute Gasteiger partial charge is 0.497 e. The fourth-order valence-corrected chi connectivity index (χ4v) is 6.70. The molecule has 48 heavy (non-hydrogen) atoms. The molecular formula is C36H40ClN3O7S. The standard InChI is InChI=1S/C36H40ClN3O7S/c1-25(2)38-36(42)32(21-26-10-7-6-8-11-26)39(23-27-12-9-13-30(20-27)45-3)35(41)24-40(29-16-14-28(37)15-17-29)48(43,44)31-18-19-33(46-4)34(22-31)47-5/h6-20,22,25,32H,21,23-24H2,1-5H3,(H,38,42)/t32-/m0/s1. The molecular weight excluding hydrogens is 654 g/mol. The van der Waals surface area contributed by atoms with Gasteiger partial charge in [-0.1, -0.05) is 54.1 Å². The molecule has 12 heteroatoms. The smallest absolute Gasteiger partial charge is 0.264 e. The number of methoxy groups -OCH3 is 3. The molecule has 0 bridgehead atoms. The maximum atomic E-state index is 14.6. The number of hydrogen-bond acceptors (Lipinski definition) is 7. The molecule has 4 aromatic carbocycles. The summed E-state index contributed by atoms with van der Waals surface area (Å²) in [5.74, 6) is 0.149. The van der Waals surface area contributed by atoms with Gasteiger partial charge < -0.3 is 24.4 Å². The highest BCUT2D eigenvalue weighted by atomic mass is 35.5. The van der Waals surface area contributed by atoms with Crippen LogP contribution in [0.1, 0.15) is 25.0 Å². The van der Waals surface area contributed by atoms with Crippen molar-refractivity contribution in [3.63, 3.8) is 0 Å². The zero-order valence-electron chi connectivity index (χ0n) is 27.6. The fraction of sp³-hybridized carbons (Fsp3) is 0.278. The molecule has 1 atom stereocenters. The van der Waals surface area contributed by atoms with Gasteiger partial charge in [0.25, 0.3) is 10.0 Å². The Morgan fingerprint density at radius 2 is 1.46 bits per heavy atom. The predicted molar refractivity (Wildman–Crippen MR) is 186 cm³/mol. The predicted octanol–water partition coefficient (Wildman–Crippen LogP) is 5.73. The lowest BCUT2D eigenvalue weighted by molar-refractivity contribution is -0.140. The van der Waals surface area contributed by atoms with Crippen LogP contribution in [0.15, 0.2) is 102 Å². The zero-order chi connectivity index (χ0) is 34.8. The fourth-order valence-electron chi connectivity index (χ4n) is 5.14. The van der Waals surface area contributed by atoms with E-state index in [1.165, 1.54) is 49.5 Å². The summed E-state index contributed by atoms with van der Waals surface area (Å²) in [6, 6.07) is 25.7. The van der Waals surface area contributed by atoms with Crippen molar-refractivity contribution in [3.05, 3.63) is 113 Å². The first kappa shape index (κ1) is 36.1. The third-order valence-electron chi connectivity index (χ3n) is 7.53. The lowest BCUT2D eigenvalue weighted by Crippen LogP contribution is -2.54. The molecule has 0 unspecified atom stereocenters. The Morgan fingerprint density at radius 1 is 0.792 bits per heavy atom. The van der Waals surface area contributed by atoms with Gasteiger partial charge in [0.1, 0.15) is 18.3 Å². The van der Waals surface area contributed by atoms with Gasteiger partial charge in [0.15, 0.2) is 11.5 Å². The normalized spacial score (nSPS) is 11.8. The second-order valence-electron chi connectivity index (χ2n) is 11.2. The third-order valence-corrected chi connectivity index (χ3v) is 9.55. The van der Waals surface area contributed by atoms with E-state index in [0.29, 0.717) is 22.1 Å². The molecule has 0 fully saturated rings. The van der Waals surface area contributed by atoms with Crippen LogP contribution in [-0.4, -0.2) is 65.1 Å². The van der Waals surface area contributed by atoms with Crippen LogP contribution in [0.4, 0.5) is 5.69 Å². The van der Waals surface area contributed by atoms with E-state index >= 15 is 0 Å². The van der Waals surface area contributed by atoms with E-state index in [4.69, 9.17) is 25.8 Å². The quantitative estimate of drug-likeness (QED) is 0.169. The van der Waals surface area contributed by atoms with Gasteiger partial charge in [-0.15, -0.1) is 0 Å². The highest BCUT2D eigenvalue weighted by Gasteiger charge is 2.35. The van der Waals surface area contributed by atoms with Crippen molar-refractivity contribution >= 4 is 39.1 Å². The summed E-state index contributed by atoms with van der Waals surface area (Å²) >= 11 is 6.16. The minimum atomic E-state index is -4.37. The van der Waals surface area contributed by atoms with Crippen LogP contribution in [0, 0.1) is 0 Å². The molecule has 0 saturated carbocycles. The molecule has 10 nitrogen and oxygen atoms in total. The first-order chi connectivity index (χ1) is 23.0. The highest BCUT2D eigenvalue weighted by Crippen LogP contribution is 2.33. The van der Waals surface area contributed by atoms with Crippen molar-refractivity contribution in [1.82, 2.24) is 10.2 Å². The molecule has 4 aromatic rings. The summed E-state index contributed by atoms with van der Waals surface area (Å²) < 4.78 is 45.8. The van der Waals surface area contributed by atoms with Crippen molar-refractivity contribution in [2.75, 3.05) is 32.2 Å². The Bertz CT molecular complexity index is 1800. The van der Waals surface area contributed by atoms with Crippen LogP contribution >= 0.6 is 11.6 Å². The number of halogens is 1. The van der Waals surface area contributed by atoms with Crippen molar-refractivity contribution in [1.29, 1.82) is 0 Å². The number of hydrogen-bond donors (Lipinski definition) is 1. The van der Waals surface area contributed by atoms with Crippen molar-refractivity contribution < 1.29 is 32.2 Å². The van der Waals surface area contributed by atoms with Gasteiger partial charge >= 0.3 is 0 Å². The molecule has 0 radical (unpaired) electrons. The van der Waals surface area contributed by atoms with Crippen LogP contribution in [0.3, 0.4) is 0 Å². The molecule has 0 aliphatic carbocycles. The molecule has 254 valence electrons. The van der Waals surface area contributed by atoms with Gasteiger partial charge in [0.05, 0.1) is 31.9 Å². The Hall–Kier alpha value is -4.74. The summed E-state index contributed by atoms with van der Waals surface area (Å²) in [4.78, 5) is 29.8. The molecule has 0 saturated heterocycles. The maximum Gasteiger partial charge on any atom is 0.264 e. The second-order valence-corrected chi connectivity index (χ2v) is 13.5. The number of carbonyl (C=O) groups is 2. The number of nitrogens with one attached hydrogen (secondary N) is 1. The van der Waals surface area contributed by atoms with E-state index < -0.39 is 28.5 Å². The van der Waals surface area contributed by atoms with Gasteiger partial charge in [0.2, 0.25) is 11.8 Å². The summed E-state index contributed by atoms with van der Waals surface area (Å²) in [6.45, 7) is 3.06. The summed E-state index contributed by atoms with van der Waals surface area (Å²) in [5.41, 5.74) is 1.73. The van der Waals surface area contributed by atoms with Crippen molar-refractivity contribution in [3.8, 4) is 17.2 Å². The summed E-state index contributed by atoms with van der Waals surface area (Å²) in [5, 5.41) is 3.34. The molecule has 0 spiro atoms. The molecule has 2 amide bonds. The van der Waals surface area contributed by atoms with Crippen LogP contribution < -0.4 is 23.8 Å². The number of ether oxygens (including phenoxy) is 3. The summed E-state index contributed by atoms with van der Waals surface area (Å²) in [7, 11) is 0.0176. The van der Waals surface area contributed by atoms with E-state index in [0.717, 1.165) is 9.87 Å². The van der Waals surface area contributed by atoms with Crippen LogP contribution in [0.25, 0.3) is 0 Å². The van der Waals surface area contributed by atoms with E-state index in [2.05, 4.69) is 5.32 Å². The molecule has 1 N–H and O–H groups in total. The molecule has 4 rings (SSSR count). The molecule has 0 aromatic heterocycles. The maximum absolute atomic E-state index is 14.6. The number of rotatable bonds is 15. The Balaban J connectivity index is 1.83. The third kappa shape index (κ3) is 8.99. The monoisotopic (exact) mass is 693 g/mol. The number of benzene rings is 4. The van der Waals surface area contributed by atoms with Crippen LogP contribution in [0.5, 0.6) is 17.2 Å². The highest BCUT2D eigenvalue weighted by molar-refractivity contribution is 7.92. The Labute approximate surface area is 287 Å². The van der Waals surface area contributed by atoms with Crippen LogP contribution in [-0.2, 0) is 32.6 Å². The van der Waals surface area contributed by atoms with Crippen LogP contribution in [0.2, 0.25) is 5.02 Å². The minimum absolute atomic E-state index is 0.00388. The SMILES string of the molecule is COc1cccc(CN(C(=O)CN(c2ccc(Cl)cc2)S(=O)(=O)c2ccc(OC)c(OC)c2)[C@@H](Cc2ccccc2)C(=O)NC(C)C)c1. The zero-order valence-corrected chi connectivity index (χ0v) is 29.1. The number of carbonyl (C=O) groups excluding carboxylic acids is 2. The molecule has 0 aliphatic heterocycles. The topological polar surface area (TPSA) is 114 Å². The lowest BCUT2D eigenvalue weighted by atomic mass is 10.0. The van der Waals surface area contributed by atoms with Gasteiger partial charge in [-0.25, -0.2) is 8.42 Å². The van der Waals surface area contributed by atoms with E-state index in [-0.39, 0.29) is 41.2 Å². The average Bonchev–Trinajstić information content (AvgIpc) is 3.08. The lowest BCUT2D eigenvalue weighted by Gasteiger charge is -2.34.